The van der Waals surface area contributed by atoms with Gasteiger partial charge in [0.25, 0.3) is 0 Å². The minimum atomic E-state index is -3.69. The highest BCUT2D eigenvalue weighted by molar-refractivity contribution is 7.89. The van der Waals surface area contributed by atoms with Gasteiger partial charge >= 0.3 is 0 Å². The molecule has 0 fully saturated rings. The van der Waals surface area contributed by atoms with Gasteiger partial charge in [-0.2, -0.15) is 0 Å². The Balaban J connectivity index is 1.85. The molecule has 1 aromatic carbocycles. The summed E-state index contributed by atoms with van der Waals surface area (Å²) in [6, 6.07) is 10.0. The zero-order chi connectivity index (χ0) is 18.6. The van der Waals surface area contributed by atoms with Crippen molar-refractivity contribution >= 4 is 10.0 Å². The number of hydrogen-bond acceptors (Lipinski definition) is 5. The normalized spacial score (nSPS) is 12.8. The van der Waals surface area contributed by atoms with E-state index in [9.17, 15) is 8.42 Å². The molecule has 0 bridgehead atoms. The van der Waals surface area contributed by atoms with Crippen molar-refractivity contribution < 1.29 is 8.42 Å². The second-order valence-corrected chi connectivity index (χ2v) is 7.70. The van der Waals surface area contributed by atoms with Crippen LogP contribution in [-0.4, -0.2) is 28.2 Å². The second-order valence-electron chi connectivity index (χ2n) is 5.99. The Kier molecular flexibility index (Phi) is 5.43. The van der Waals surface area contributed by atoms with Crippen molar-refractivity contribution in [2.45, 2.75) is 37.8 Å². The Morgan fingerprint density at radius 2 is 1.92 bits per heavy atom. The predicted octanol–water partition coefficient (Wildman–Crippen LogP) is 2.79. The summed E-state index contributed by atoms with van der Waals surface area (Å²) in [5.74, 6) is 0.598. The summed E-state index contributed by atoms with van der Waals surface area (Å²) in [6.45, 7) is 4.55. The zero-order valence-electron chi connectivity index (χ0n) is 14.7. The number of hydrogen-bond donors (Lipinski definition) is 1. The number of benzene rings is 1. The lowest BCUT2D eigenvalue weighted by Gasteiger charge is -2.15. The highest BCUT2D eigenvalue weighted by Gasteiger charge is 2.22. The fraction of sp³-hybridized carbons (Fsp3) is 0.278. The maximum absolute atomic E-state index is 12.8. The van der Waals surface area contributed by atoms with E-state index in [4.69, 9.17) is 0 Å². The van der Waals surface area contributed by atoms with Gasteiger partial charge in [-0.05, 0) is 48.7 Å². The van der Waals surface area contributed by atoms with Gasteiger partial charge in [0.2, 0.25) is 10.0 Å². The van der Waals surface area contributed by atoms with Crippen LogP contribution in [0.25, 0.3) is 11.1 Å². The van der Waals surface area contributed by atoms with Crippen LogP contribution in [0.15, 0.2) is 60.0 Å². The lowest BCUT2D eigenvalue weighted by Crippen LogP contribution is -2.29. The summed E-state index contributed by atoms with van der Waals surface area (Å²) in [4.78, 5) is 4.20. The molecule has 0 amide bonds. The number of sulfonamides is 1. The fourth-order valence-corrected chi connectivity index (χ4v) is 4.00. The Hall–Kier alpha value is -2.58. The van der Waals surface area contributed by atoms with Crippen molar-refractivity contribution in [1.29, 1.82) is 0 Å². The average Bonchev–Trinajstić information content (AvgIpc) is 3.11. The van der Waals surface area contributed by atoms with Crippen molar-refractivity contribution in [2.24, 2.45) is 0 Å². The molecular weight excluding hydrogens is 350 g/mol. The smallest absolute Gasteiger partial charge is 0.241 e. The SMILES string of the molecule is CCCn1cnnc1C(C)NS(=O)(=O)c1cccc(-c2ccncc2)c1. The molecular formula is C18H21N5O2S. The van der Waals surface area contributed by atoms with Crippen LogP contribution < -0.4 is 4.72 Å². The number of aryl methyl sites for hydroxylation is 1. The van der Waals surface area contributed by atoms with Gasteiger partial charge in [0.1, 0.15) is 6.33 Å². The molecule has 0 aliphatic carbocycles. The van der Waals surface area contributed by atoms with Crippen LogP contribution in [0.4, 0.5) is 0 Å². The molecule has 0 saturated heterocycles. The lowest BCUT2D eigenvalue weighted by molar-refractivity contribution is 0.539. The van der Waals surface area contributed by atoms with Crippen LogP contribution in [0.3, 0.4) is 0 Å². The van der Waals surface area contributed by atoms with Crippen LogP contribution in [-0.2, 0) is 16.6 Å². The zero-order valence-corrected chi connectivity index (χ0v) is 15.5. The van der Waals surface area contributed by atoms with Gasteiger partial charge in [-0.15, -0.1) is 10.2 Å². The first kappa shape index (κ1) is 18.2. The highest BCUT2D eigenvalue weighted by atomic mass is 32.2. The minimum absolute atomic E-state index is 0.209. The van der Waals surface area contributed by atoms with Gasteiger partial charge in [0.05, 0.1) is 10.9 Å². The van der Waals surface area contributed by atoms with Crippen molar-refractivity contribution in [1.82, 2.24) is 24.5 Å². The van der Waals surface area contributed by atoms with E-state index in [2.05, 4.69) is 19.9 Å². The largest absolute Gasteiger partial charge is 0.316 e. The lowest BCUT2D eigenvalue weighted by atomic mass is 10.1. The monoisotopic (exact) mass is 371 g/mol. The topological polar surface area (TPSA) is 89.8 Å². The van der Waals surface area contributed by atoms with E-state index in [1.165, 1.54) is 0 Å². The van der Waals surface area contributed by atoms with Crippen molar-refractivity contribution in [2.75, 3.05) is 0 Å². The van der Waals surface area contributed by atoms with Gasteiger partial charge in [-0.1, -0.05) is 19.1 Å². The molecule has 0 saturated carbocycles. The molecule has 2 aromatic heterocycles. The highest BCUT2D eigenvalue weighted by Crippen LogP contribution is 2.23. The first-order valence-electron chi connectivity index (χ1n) is 8.42. The summed E-state index contributed by atoms with van der Waals surface area (Å²) in [5, 5.41) is 7.95. The van der Waals surface area contributed by atoms with E-state index in [0.717, 1.165) is 24.1 Å². The van der Waals surface area contributed by atoms with E-state index in [0.29, 0.717) is 5.82 Å². The summed E-state index contributed by atoms with van der Waals surface area (Å²) < 4.78 is 30.2. The number of nitrogens with one attached hydrogen (secondary N) is 1. The molecule has 7 nitrogen and oxygen atoms in total. The van der Waals surface area contributed by atoms with Gasteiger partial charge < -0.3 is 4.57 Å². The molecule has 1 atom stereocenters. The van der Waals surface area contributed by atoms with Crippen LogP contribution in [0.2, 0.25) is 0 Å². The Morgan fingerprint density at radius 1 is 1.15 bits per heavy atom. The molecule has 1 N–H and O–H groups in total. The molecule has 26 heavy (non-hydrogen) atoms. The molecule has 1 unspecified atom stereocenters. The molecule has 0 spiro atoms. The van der Waals surface area contributed by atoms with Gasteiger partial charge in [-0.3, -0.25) is 4.98 Å². The number of pyridine rings is 1. The van der Waals surface area contributed by atoms with E-state index < -0.39 is 16.1 Å². The van der Waals surface area contributed by atoms with E-state index in [1.807, 2.05) is 29.7 Å². The van der Waals surface area contributed by atoms with Crippen LogP contribution in [0.1, 0.15) is 32.1 Å². The molecule has 2 heterocycles. The van der Waals surface area contributed by atoms with Gasteiger partial charge in [0.15, 0.2) is 5.82 Å². The molecule has 3 aromatic rings. The van der Waals surface area contributed by atoms with E-state index in [-0.39, 0.29) is 4.90 Å². The second kappa shape index (κ2) is 7.76. The maximum Gasteiger partial charge on any atom is 0.241 e. The Bertz CT molecular complexity index is 970. The third kappa shape index (κ3) is 3.97. The summed E-state index contributed by atoms with van der Waals surface area (Å²) >= 11 is 0. The summed E-state index contributed by atoms with van der Waals surface area (Å²) in [5.41, 5.74) is 1.73. The maximum atomic E-state index is 12.8. The van der Waals surface area contributed by atoms with E-state index >= 15 is 0 Å². The molecule has 136 valence electrons. The number of nitrogens with zero attached hydrogens (tertiary/aromatic N) is 4. The van der Waals surface area contributed by atoms with Crippen molar-refractivity contribution in [3.8, 4) is 11.1 Å². The quantitative estimate of drug-likeness (QED) is 0.690. The predicted molar refractivity (Wildman–Crippen MR) is 98.7 cm³/mol. The Morgan fingerprint density at radius 3 is 2.65 bits per heavy atom. The molecule has 0 aliphatic heterocycles. The van der Waals surface area contributed by atoms with Gasteiger partial charge in [-0.25, -0.2) is 13.1 Å². The van der Waals surface area contributed by atoms with Crippen molar-refractivity contribution in [3.05, 3.63) is 60.9 Å². The molecule has 0 radical (unpaired) electrons. The fourth-order valence-electron chi connectivity index (χ4n) is 2.75. The molecule has 3 rings (SSSR count). The third-order valence-corrected chi connectivity index (χ3v) is 5.53. The summed E-state index contributed by atoms with van der Waals surface area (Å²) in [6.07, 6.45) is 5.89. The van der Waals surface area contributed by atoms with Gasteiger partial charge in [0, 0.05) is 18.9 Å². The number of rotatable bonds is 7. The van der Waals surface area contributed by atoms with Crippen LogP contribution in [0, 0.1) is 0 Å². The minimum Gasteiger partial charge on any atom is -0.316 e. The third-order valence-electron chi connectivity index (χ3n) is 3.99. The van der Waals surface area contributed by atoms with Crippen LogP contribution in [0.5, 0.6) is 0 Å². The molecule has 0 aliphatic rings. The first-order chi connectivity index (χ1) is 12.5. The van der Waals surface area contributed by atoms with E-state index in [1.54, 1.807) is 43.8 Å². The van der Waals surface area contributed by atoms with Crippen LogP contribution >= 0.6 is 0 Å². The average molecular weight is 371 g/mol. The number of aromatic nitrogens is 4. The first-order valence-corrected chi connectivity index (χ1v) is 9.90. The molecule has 8 heteroatoms. The Labute approximate surface area is 153 Å². The van der Waals surface area contributed by atoms with Crippen molar-refractivity contribution in [3.63, 3.8) is 0 Å². The standard InChI is InChI=1S/C18H21N5O2S/c1-3-11-23-13-20-21-18(23)14(2)22-26(24,25)17-6-4-5-16(12-17)15-7-9-19-10-8-15/h4-10,12-14,22H,3,11H2,1-2H3. The summed E-state index contributed by atoms with van der Waals surface area (Å²) in [7, 11) is -3.69.